The Bertz CT molecular complexity index is 1810. The van der Waals surface area contributed by atoms with Gasteiger partial charge in [-0.05, 0) is 56.7 Å². The van der Waals surface area contributed by atoms with Crippen molar-refractivity contribution in [2.45, 2.75) is 25.0 Å². The summed E-state index contributed by atoms with van der Waals surface area (Å²) in [5, 5.41) is 1.57. The van der Waals surface area contributed by atoms with Gasteiger partial charge in [0.05, 0.1) is 23.3 Å². The zero-order chi connectivity index (χ0) is 30.0. The number of pyridine rings is 2. The van der Waals surface area contributed by atoms with E-state index in [1.165, 1.54) is 26.2 Å². The summed E-state index contributed by atoms with van der Waals surface area (Å²) in [4.78, 5) is 40.7. The van der Waals surface area contributed by atoms with Gasteiger partial charge in [0.15, 0.2) is 9.99 Å². The molecule has 1 aliphatic rings. The average molecular weight is 607 g/mol. The van der Waals surface area contributed by atoms with E-state index in [1.54, 1.807) is 37.2 Å². The summed E-state index contributed by atoms with van der Waals surface area (Å²) in [5.74, 6) is -0.191. The van der Waals surface area contributed by atoms with Crippen LogP contribution in [0.1, 0.15) is 17.6 Å². The molecule has 42 heavy (non-hydrogen) atoms. The maximum absolute atomic E-state index is 13.2. The summed E-state index contributed by atoms with van der Waals surface area (Å²) in [7, 11) is -2.48. The number of aryl methyl sites for hydroxylation is 2. The predicted octanol–water partition coefficient (Wildman–Crippen LogP) is 3.97. The number of ether oxygens (including phenoxy) is 1. The molecule has 1 fully saturated rings. The van der Waals surface area contributed by atoms with E-state index in [1.807, 2.05) is 24.3 Å². The molecule has 1 aromatic carbocycles. The number of carbonyl (C=O) groups excluding carboxylic acids is 2. The Morgan fingerprint density at radius 2 is 1.79 bits per heavy atom. The predicted molar refractivity (Wildman–Crippen MR) is 163 cm³/mol. The Labute approximate surface area is 247 Å². The molecule has 0 spiro atoms. The van der Waals surface area contributed by atoms with Crippen LogP contribution in [0.3, 0.4) is 0 Å². The number of amides is 1. The number of hydrogen-bond acceptors (Lipinski definition) is 10. The number of methoxy groups -OCH3 is 1. The van der Waals surface area contributed by atoms with Crippen molar-refractivity contribution in [3.8, 4) is 17.0 Å². The van der Waals surface area contributed by atoms with Gasteiger partial charge in [-0.3, -0.25) is 19.3 Å². The van der Waals surface area contributed by atoms with Crippen LogP contribution in [-0.2, 0) is 19.6 Å². The van der Waals surface area contributed by atoms with Gasteiger partial charge in [-0.1, -0.05) is 6.07 Å². The number of carbonyl (C=O) groups is 2. The highest BCUT2D eigenvalue weighted by molar-refractivity contribution is 7.94. The molecular weight excluding hydrogens is 576 g/mol. The van der Waals surface area contributed by atoms with Crippen LogP contribution >= 0.6 is 11.3 Å². The standard InChI is InChI=1S/C29H30N6O5S2/c1-18(36)5-8-27(37)35-13-11-34(12-14-35)26-9-10-30-24-7-6-21(15-23(24)26)22-16-25(28(40-4)31-17-22)33-42(38,39)29-19(2)32-20(3)41-29/h5-10,15-17,33H,11-14H2,1-4H3/b8-5+. The summed E-state index contributed by atoms with van der Waals surface area (Å²) in [6.45, 7) is 7.12. The Balaban J connectivity index is 1.43. The number of piperazine rings is 1. The molecule has 1 amide bonds. The van der Waals surface area contributed by atoms with E-state index in [4.69, 9.17) is 4.74 Å². The number of allylic oxidation sites excluding steroid dienone is 1. The Morgan fingerprint density at radius 1 is 1.02 bits per heavy atom. The third kappa shape index (κ3) is 6.11. The number of thiazole rings is 1. The Morgan fingerprint density at radius 3 is 2.45 bits per heavy atom. The minimum absolute atomic E-state index is 0.144. The second kappa shape index (κ2) is 11.9. The number of rotatable bonds is 8. The third-order valence-corrected chi connectivity index (χ3v) is 9.89. The highest BCUT2D eigenvalue weighted by Gasteiger charge is 2.24. The van der Waals surface area contributed by atoms with Crippen LogP contribution in [0.25, 0.3) is 22.0 Å². The number of fused-ring (bicyclic) bond motifs is 1. The summed E-state index contributed by atoms with van der Waals surface area (Å²) in [6.07, 6.45) is 6.01. The summed E-state index contributed by atoms with van der Waals surface area (Å²) in [5.41, 5.74) is 3.94. The van der Waals surface area contributed by atoms with Crippen LogP contribution in [-0.4, -0.2) is 73.2 Å². The molecule has 5 rings (SSSR count). The summed E-state index contributed by atoms with van der Waals surface area (Å²) in [6, 6.07) is 9.48. The molecule has 4 heterocycles. The molecule has 0 aliphatic carbocycles. The lowest BCUT2D eigenvalue weighted by atomic mass is 10.0. The molecule has 0 saturated carbocycles. The van der Waals surface area contributed by atoms with Gasteiger partial charge < -0.3 is 14.5 Å². The molecule has 1 saturated heterocycles. The molecular formula is C29H30N6O5S2. The molecule has 1 aliphatic heterocycles. The van der Waals surface area contributed by atoms with Gasteiger partial charge >= 0.3 is 0 Å². The maximum atomic E-state index is 13.2. The molecule has 3 aromatic heterocycles. The molecule has 0 atom stereocenters. The maximum Gasteiger partial charge on any atom is 0.273 e. The van der Waals surface area contributed by atoms with Gasteiger partial charge in [-0.25, -0.2) is 18.4 Å². The smallest absolute Gasteiger partial charge is 0.273 e. The van der Waals surface area contributed by atoms with E-state index in [2.05, 4.69) is 24.6 Å². The fourth-order valence-corrected chi connectivity index (χ4v) is 7.38. The lowest BCUT2D eigenvalue weighted by Gasteiger charge is -2.36. The van der Waals surface area contributed by atoms with E-state index in [9.17, 15) is 18.0 Å². The van der Waals surface area contributed by atoms with Crippen molar-refractivity contribution in [1.82, 2.24) is 19.9 Å². The molecule has 0 unspecified atom stereocenters. The molecule has 0 radical (unpaired) electrons. The van der Waals surface area contributed by atoms with Crippen LogP contribution in [0.15, 0.2) is 59.1 Å². The van der Waals surface area contributed by atoms with Crippen molar-refractivity contribution in [2.24, 2.45) is 0 Å². The van der Waals surface area contributed by atoms with Crippen LogP contribution in [0, 0.1) is 13.8 Å². The van der Waals surface area contributed by atoms with E-state index < -0.39 is 10.0 Å². The van der Waals surface area contributed by atoms with Crippen molar-refractivity contribution in [2.75, 3.05) is 42.9 Å². The highest BCUT2D eigenvalue weighted by atomic mass is 32.2. The monoisotopic (exact) mass is 606 g/mol. The zero-order valence-corrected chi connectivity index (χ0v) is 25.3. The van der Waals surface area contributed by atoms with E-state index in [0.29, 0.717) is 42.4 Å². The van der Waals surface area contributed by atoms with Crippen molar-refractivity contribution in [3.05, 3.63) is 65.6 Å². The Kier molecular flexibility index (Phi) is 8.23. The topological polar surface area (TPSA) is 135 Å². The summed E-state index contributed by atoms with van der Waals surface area (Å²) >= 11 is 1.10. The van der Waals surface area contributed by atoms with Crippen molar-refractivity contribution in [3.63, 3.8) is 0 Å². The second-order valence-electron chi connectivity index (χ2n) is 9.81. The van der Waals surface area contributed by atoms with E-state index in [0.717, 1.165) is 33.5 Å². The van der Waals surface area contributed by atoms with Gasteiger partial charge in [0, 0.05) is 61.3 Å². The van der Waals surface area contributed by atoms with Gasteiger partial charge in [0.1, 0.15) is 5.69 Å². The normalized spacial score (nSPS) is 14.0. The number of sulfonamides is 1. The van der Waals surface area contributed by atoms with E-state index >= 15 is 0 Å². The van der Waals surface area contributed by atoms with Gasteiger partial charge in [0.25, 0.3) is 10.0 Å². The zero-order valence-electron chi connectivity index (χ0n) is 23.6. The number of ketones is 1. The highest BCUT2D eigenvalue weighted by Crippen LogP contribution is 2.35. The first-order chi connectivity index (χ1) is 20.1. The molecule has 0 bridgehead atoms. The van der Waals surface area contributed by atoms with Gasteiger partial charge in [-0.15, -0.1) is 11.3 Å². The number of benzene rings is 1. The SMILES string of the molecule is COc1ncc(-c2ccc3nccc(N4CCN(C(=O)/C=C/C(C)=O)CC4)c3c2)cc1NS(=O)(=O)c1sc(C)nc1C. The lowest BCUT2D eigenvalue weighted by Crippen LogP contribution is -2.48. The van der Waals surface area contributed by atoms with Crippen molar-refractivity contribution < 1.29 is 22.7 Å². The fraction of sp³-hybridized carbons (Fsp3) is 0.276. The van der Waals surface area contributed by atoms with Crippen LogP contribution in [0.2, 0.25) is 0 Å². The number of hydrogen-bond donors (Lipinski definition) is 1. The van der Waals surface area contributed by atoms with Crippen LogP contribution in [0.5, 0.6) is 5.88 Å². The number of aromatic nitrogens is 3. The minimum atomic E-state index is -3.91. The molecule has 4 aromatic rings. The lowest BCUT2D eigenvalue weighted by molar-refractivity contribution is -0.126. The van der Waals surface area contributed by atoms with Crippen molar-refractivity contribution in [1.29, 1.82) is 0 Å². The molecule has 11 nitrogen and oxygen atoms in total. The number of nitrogens with zero attached hydrogens (tertiary/aromatic N) is 5. The van der Waals surface area contributed by atoms with Gasteiger partial charge in [0.2, 0.25) is 11.8 Å². The fourth-order valence-electron chi connectivity index (χ4n) is 4.85. The van der Waals surface area contributed by atoms with Gasteiger partial charge in [-0.2, -0.15) is 0 Å². The average Bonchev–Trinajstić information content (AvgIpc) is 3.33. The quantitative estimate of drug-likeness (QED) is 0.296. The molecule has 1 N–H and O–H groups in total. The van der Waals surface area contributed by atoms with Crippen LogP contribution in [0.4, 0.5) is 11.4 Å². The second-order valence-corrected chi connectivity index (χ2v) is 12.9. The van der Waals surface area contributed by atoms with E-state index in [-0.39, 0.29) is 27.5 Å². The largest absolute Gasteiger partial charge is 0.480 e. The Hall–Kier alpha value is -4.36. The van der Waals surface area contributed by atoms with Crippen LogP contribution < -0.4 is 14.4 Å². The molecule has 13 heteroatoms. The first-order valence-corrected chi connectivity index (χ1v) is 15.5. The number of nitrogens with one attached hydrogen (secondary N) is 1. The minimum Gasteiger partial charge on any atom is -0.480 e. The number of anilines is 2. The first kappa shape index (κ1) is 29.1. The molecule has 218 valence electrons. The third-order valence-electron chi connectivity index (χ3n) is 6.84. The van der Waals surface area contributed by atoms with Crippen molar-refractivity contribution >= 4 is 55.3 Å². The first-order valence-electron chi connectivity index (χ1n) is 13.2. The summed E-state index contributed by atoms with van der Waals surface area (Å²) < 4.78 is 34.5.